The Labute approximate surface area is 147 Å². The predicted octanol–water partition coefficient (Wildman–Crippen LogP) is 2.08. The van der Waals surface area contributed by atoms with Crippen LogP contribution in [0.1, 0.15) is 0 Å². The highest BCUT2D eigenvalue weighted by atomic mass is 35.5. The summed E-state index contributed by atoms with van der Waals surface area (Å²) >= 11 is 7.28. The fourth-order valence-electron chi connectivity index (χ4n) is 2.37. The number of thioether (sulfide) groups is 1. The van der Waals surface area contributed by atoms with Crippen molar-refractivity contribution >= 4 is 23.4 Å². The molecule has 0 aliphatic carbocycles. The molecule has 1 aliphatic heterocycles. The van der Waals surface area contributed by atoms with Crippen molar-refractivity contribution in [1.82, 2.24) is 4.98 Å². The highest BCUT2D eigenvalue weighted by molar-refractivity contribution is 7.99. The van der Waals surface area contributed by atoms with E-state index in [1.165, 1.54) is 6.20 Å². The molecule has 3 N–H and O–H groups in total. The monoisotopic (exact) mass is 371 g/mol. The average molecular weight is 372 g/mol. The highest BCUT2D eigenvalue weighted by Gasteiger charge is 2.38. The number of benzene rings is 1. The summed E-state index contributed by atoms with van der Waals surface area (Å²) in [6, 6.07) is 7.95. The van der Waals surface area contributed by atoms with Gasteiger partial charge in [0.1, 0.15) is 18.0 Å². The van der Waals surface area contributed by atoms with Crippen LogP contribution in [0.5, 0.6) is 5.75 Å². The van der Waals surface area contributed by atoms with E-state index in [0.29, 0.717) is 11.1 Å². The Morgan fingerprint density at radius 1 is 1.21 bits per heavy atom. The number of nitrogens with zero attached hydrogens (tertiary/aromatic N) is 1. The Morgan fingerprint density at radius 2 is 2.00 bits per heavy atom. The molecule has 0 saturated carbocycles. The second kappa shape index (κ2) is 7.25. The maximum Gasteiger partial charge on any atom is 0.220 e. The first-order valence-electron chi connectivity index (χ1n) is 7.20. The quantitative estimate of drug-likeness (QED) is 0.716. The zero-order valence-electron chi connectivity index (χ0n) is 12.3. The Morgan fingerprint density at radius 3 is 2.75 bits per heavy atom. The molecule has 1 fully saturated rings. The Hall–Kier alpha value is -1.38. The lowest BCUT2D eigenvalue weighted by Gasteiger charge is -2.34. The van der Waals surface area contributed by atoms with E-state index >= 15 is 0 Å². The first kappa shape index (κ1) is 17.4. The van der Waals surface area contributed by atoms with E-state index in [0.717, 1.165) is 11.8 Å². The van der Waals surface area contributed by atoms with Gasteiger partial charge in [-0.25, -0.2) is 4.98 Å². The zero-order valence-corrected chi connectivity index (χ0v) is 13.9. The topological polar surface area (TPSA) is 82.8 Å². The molecule has 0 radical (unpaired) electrons. The molecule has 0 bridgehead atoms. The number of aliphatic hydroxyl groups excluding tert-OH is 3. The lowest BCUT2D eigenvalue weighted by molar-refractivity contribution is -0.0785. The second-order valence-corrected chi connectivity index (χ2v) is 6.89. The van der Waals surface area contributed by atoms with Crippen LogP contribution < -0.4 is 4.74 Å². The van der Waals surface area contributed by atoms with E-state index in [4.69, 9.17) is 16.3 Å². The van der Waals surface area contributed by atoms with Crippen molar-refractivity contribution in [3.05, 3.63) is 47.5 Å². The van der Waals surface area contributed by atoms with Crippen molar-refractivity contribution in [3.63, 3.8) is 0 Å². The van der Waals surface area contributed by atoms with Gasteiger partial charge in [-0.15, -0.1) is 11.8 Å². The molecule has 4 atom stereocenters. The van der Waals surface area contributed by atoms with Gasteiger partial charge in [0.25, 0.3) is 0 Å². The molecule has 1 aliphatic rings. The lowest BCUT2D eigenvalue weighted by Crippen LogP contribution is -2.50. The third-order valence-electron chi connectivity index (χ3n) is 3.70. The Balaban J connectivity index is 1.86. The molecule has 5 nitrogen and oxygen atoms in total. The Bertz CT molecular complexity index is 735. The Kier molecular flexibility index (Phi) is 5.27. The molecule has 3 rings (SSSR count). The first-order chi connectivity index (χ1) is 11.5. The summed E-state index contributed by atoms with van der Waals surface area (Å²) in [7, 11) is 0. The fraction of sp³-hybridized carbons (Fsp3) is 0.312. The van der Waals surface area contributed by atoms with Crippen LogP contribution in [0.4, 0.5) is 4.39 Å². The normalized spacial score (nSPS) is 27.0. The van der Waals surface area contributed by atoms with Crippen LogP contribution in [0.25, 0.3) is 11.1 Å². The van der Waals surface area contributed by atoms with Crippen molar-refractivity contribution in [3.8, 4) is 16.9 Å². The van der Waals surface area contributed by atoms with Crippen molar-refractivity contribution in [2.24, 2.45) is 0 Å². The van der Waals surface area contributed by atoms with Gasteiger partial charge in [0.15, 0.2) is 5.44 Å². The summed E-state index contributed by atoms with van der Waals surface area (Å²) in [6.45, 7) is 0. The number of hydrogen-bond acceptors (Lipinski definition) is 6. The molecule has 1 saturated heterocycles. The molecular weight excluding hydrogens is 357 g/mol. The number of halogens is 2. The molecule has 1 aromatic heterocycles. The van der Waals surface area contributed by atoms with Crippen molar-refractivity contribution in [2.75, 3.05) is 5.75 Å². The van der Waals surface area contributed by atoms with E-state index in [2.05, 4.69) is 4.98 Å². The van der Waals surface area contributed by atoms with Crippen LogP contribution in [0.15, 0.2) is 36.5 Å². The van der Waals surface area contributed by atoms with E-state index in [1.807, 2.05) is 0 Å². The third-order valence-corrected chi connectivity index (χ3v) is 5.25. The zero-order chi connectivity index (χ0) is 17.3. The van der Waals surface area contributed by atoms with Crippen LogP contribution in [0.3, 0.4) is 0 Å². The van der Waals surface area contributed by atoms with Crippen LogP contribution in [-0.4, -0.2) is 49.8 Å². The van der Waals surface area contributed by atoms with Crippen molar-refractivity contribution < 1.29 is 24.4 Å². The van der Waals surface area contributed by atoms with Crippen LogP contribution in [0, 0.1) is 5.95 Å². The highest BCUT2D eigenvalue weighted by Crippen LogP contribution is 2.35. The number of rotatable bonds is 3. The maximum absolute atomic E-state index is 13.8. The minimum absolute atomic E-state index is 0.220. The number of ether oxygens (including phenoxy) is 1. The molecular formula is C16H15ClFNO4S. The predicted molar refractivity (Wildman–Crippen MR) is 89.5 cm³/mol. The van der Waals surface area contributed by atoms with E-state index in [9.17, 15) is 19.7 Å². The summed E-state index contributed by atoms with van der Waals surface area (Å²) in [6.07, 6.45) is -2.23. The van der Waals surface area contributed by atoms with Gasteiger partial charge in [0, 0.05) is 17.5 Å². The van der Waals surface area contributed by atoms with Gasteiger partial charge in [-0.05, 0) is 29.8 Å². The molecule has 24 heavy (non-hydrogen) atoms. The number of aromatic nitrogens is 1. The number of aliphatic hydroxyl groups is 3. The van der Waals surface area contributed by atoms with Gasteiger partial charge in [-0.1, -0.05) is 17.7 Å². The summed E-state index contributed by atoms with van der Waals surface area (Å²) in [5.74, 6) is -0.147. The largest absolute Gasteiger partial charge is 0.475 e. The number of hydrogen-bond donors (Lipinski definition) is 3. The van der Waals surface area contributed by atoms with Gasteiger partial charge in [0.05, 0.1) is 11.1 Å². The van der Waals surface area contributed by atoms with Gasteiger partial charge >= 0.3 is 0 Å². The van der Waals surface area contributed by atoms with Gasteiger partial charge in [-0.2, -0.15) is 4.39 Å². The smallest absolute Gasteiger partial charge is 0.220 e. The molecule has 8 heteroatoms. The van der Waals surface area contributed by atoms with Crippen LogP contribution in [-0.2, 0) is 0 Å². The average Bonchev–Trinajstić information content (AvgIpc) is 2.58. The molecule has 0 unspecified atom stereocenters. The van der Waals surface area contributed by atoms with E-state index < -0.39 is 29.7 Å². The van der Waals surface area contributed by atoms with Gasteiger partial charge in [-0.3, -0.25) is 0 Å². The molecule has 0 amide bonds. The molecule has 0 spiro atoms. The van der Waals surface area contributed by atoms with Gasteiger partial charge < -0.3 is 20.1 Å². The van der Waals surface area contributed by atoms with E-state index in [-0.39, 0.29) is 16.5 Å². The molecule has 2 heterocycles. The maximum atomic E-state index is 13.8. The summed E-state index contributed by atoms with van der Waals surface area (Å²) in [5, 5.41) is 29.6. The standard InChI is InChI=1S/C16H15ClFNO4S/c17-10-4-3-8(9-2-1-5-19-15(9)18)6-12(10)23-16-14(22)13(21)11(20)7-24-16/h1-6,11,13-14,16,20-22H,7H2/t11-,13+,14-,16-/m1/s1. The third kappa shape index (κ3) is 3.50. The molecule has 2 aromatic rings. The lowest BCUT2D eigenvalue weighted by atomic mass is 10.1. The molecule has 1 aromatic carbocycles. The van der Waals surface area contributed by atoms with Crippen LogP contribution >= 0.6 is 23.4 Å². The van der Waals surface area contributed by atoms with E-state index in [1.54, 1.807) is 30.3 Å². The minimum atomic E-state index is -1.30. The summed E-state index contributed by atoms with van der Waals surface area (Å²) < 4.78 is 19.5. The SMILES string of the molecule is O[C@@H]1[C@@H](O)[C@H](Oc2cc(-c3cccnc3F)ccc2Cl)SC[C@H]1O. The van der Waals surface area contributed by atoms with Gasteiger partial charge in [0.2, 0.25) is 5.95 Å². The van der Waals surface area contributed by atoms with Crippen LogP contribution in [0.2, 0.25) is 5.02 Å². The number of pyridine rings is 1. The minimum Gasteiger partial charge on any atom is -0.475 e. The second-order valence-electron chi connectivity index (χ2n) is 5.36. The van der Waals surface area contributed by atoms with Crippen molar-refractivity contribution in [1.29, 1.82) is 0 Å². The molecule has 128 valence electrons. The first-order valence-corrected chi connectivity index (χ1v) is 8.63. The summed E-state index contributed by atoms with van der Waals surface area (Å²) in [4.78, 5) is 3.61. The summed E-state index contributed by atoms with van der Waals surface area (Å²) in [5.41, 5.74) is 0.0251. The van der Waals surface area contributed by atoms with Crippen molar-refractivity contribution in [2.45, 2.75) is 23.7 Å². The fourth-order valence-corrected chi connectivity index (χ4v) is 3.65.